The Hall–Kier alpha value is -3.29. The van der Waals surface area contributed by atoms with Gasteiger partial charge < -0.3 is 23.8 Å². The zero-order valence-electron chi connectivity index (χ0n) is 16.6. The van der Waals surface area contributed by atoms with Crippen molar-refractivity contribution in [2.24, 2.45) is 0 Å². The number of rotatable bonds is 7. The van der Waals surface area contributed by atoms with Crippen molar-refractivity contribution in [3.8, 4) is 17.2 Å². The average Bonchev–Trinajstić information content (AvgIpc) is 3.61. The first-order chi connectivity index (χ1) is 14.6. The molecule has 1 aliphatic carbocycles. The SMILES string of the molecule is COc1cc(C(=O)OCC(=O)N(Cc2ccccc2F)C2CC2)cc2c1OCCO2. The Kier molecular flexibility index (Phi) is 5.74. The molecule has 158 valence electrons. The Morgan fingerprint density at radius 1 is 1.17 bits per heavy atom. The van der Waals surface area contributed by atoms with Crippen LogP contribution < -0.4 is 14.2 Å². The predicted octanol–water partition coefficient (Wildman–Crippen LogP) is 2.95. The first kappa shape index (κ1) is 20.0. The maximum atomic E-state index is 14.0. The number of halogens is 1. The molecule has 1 fully saturated rings. The molecule has 2 aromatic carbocycles. The van der Waals surface area contributed by atoms with Crippen molar-refractivity contribution in [2.45, 2.75) is 25.4 Å². The van der Waals surface area contributed by atoms with E-state index >= 15 is 0 Å². The zero-order chi connectivity index (χ0) is 21.1. The van der Waals surface area contributed by atoms with Gasteiger partial charge in [0.1, 0.15) is 19.0 Å². The quantitative estimate of drug-likeness (QED) is 0.648. The third kappa shape index (κ3) is 4.32. The molecular weight excluding hydrogens is 393 g/mol. The number of nitrogens with zero attached hydrogens (tertiary/aromatic N) is 1. The molecule has 8 heteroatoms. The van der Waals surface area contributed by atoms with E-state index in [0.717, 1.165) is 12.8 Å². The van der Waals surface area contributed by atoms with Crippen LogP contribution in [-0.2, 0) is 16.1 Å². The molecule has 30 heavy (non-hydrogen) atoms. The Balaban J connectivity index is 1.42. The minimum absolute atomic E-state index is 0.0465. The van der Waals surface area contributed by atoms with Gasteiger partial charge in [-0.2, -0.15) is 0 Å². The van der Waals surface area contributed by atoms with Crippen LogP contribution in [0, 0.1) is 5.82 Å². The summed E-state index contributed by atoms with van der Waals surface area (Å²) in [6, 6.07) is 9.37. The third-order valence-electron chi connectivity index (χ3n) is 5.00. The Morgan fingerprint density at radius 3 is 2.67 bits per heavy atom. The topological polar surface area (TPSA) is 74.3 Å². The van der Waals surface area contributed by atoms with Crippen LogP contribution in [0.4, 0.5) is 4.39 Å². The number of benzene rings is 2. The maximum absolute atomic E-state index is 14.0. The van der Waals surface area contributed by atoms with Crippen molar-refractivity contribution < 1.29 is 32.9 Å². The predicted molar refractivity (Wildman–Crippen MR) is 104 cm³/mol. The summed E-state index contributed by atoms with van der Waals surface area (Å²) in [7, 11) is 1.46. The molecule has 0 saturated heterocycles. The van der Waals surface area contributed by atoms with Gasteiger partial charge in [-0.3, -0.25) is 4.79 Å². The van der Waals surface area contributed by atoms with E-state index in [9.17, 15) is 14.0 Å². The van der Waals surface area contributed by atoms with Crippen molar-refractivity contribution in [2.75, 3.05) is 26.9 Å². The fourth-order valence-electron chi connectivity index (χ4n) is 3.30. The monoisotopic (exact) mass is 415 g/mol. The van der Waals surface area contributed by atoms with Crippen LogP contribution in [-0.4, -0.2) is 49.7 Å². The summed E-state index contributed by atoms with van der Waals surface area (Å²) in [5.74, 6) is -0.237. The van der Waals surface area contributed by atoms with E-state index in [-0.39, 0.29) is 29.9 Å². The van der Waals surface area contributed by atoms with Gasteiger partial charge in [-0.15, -0.1) is 0 Å². The molecular formula is C22H22FNO6. The molecule has 1 saturated carbocycles. The average molecular weight is 415 g/mol. The summed E-state index contributed by atoms with van der Waals surface area (Å²) >= 11 is 0. The minimum atomic E-state index is -0.680. The van der Waals surface area contributed by atoms with Crippen molar-refractivity contribution in [1.82, 2.24) is 4.90 Å². The summed E-state index contributed by atoms with van der Waals surface area (Å²) in [4.78, 5) is 26.8. The summed E-state index contributed by atoms with van der Waals surface area (Å²) in [5, 5.41) is 0. The van der Waals surface area contributed by atoms with Gasteiger partial charge in [-0.1, -0.05) is 18.2 Å². The van der Waals surface area contributed by atoms with Gasteiger partial charge in [0.15, 0.2) is 18.1 Å². The lowest BCUT2D eigenvalue weighted by Crippen LogP contribution is -2.36. The highest BCUT2D eigenvalue weighted by atomic mass is 19.1. The molecule has 0 aromatic heterocycles. The number of methoxy groups -OCH3 is 1. The number of fused-ring (bicyclic) bond motifs is 1. The fraction of sp³-hybridized carbons (Fsp3) is 0.364. The lowest BCUT2D eigenvalue weighted by molar-refractivity contribution is -0.135. The van der Waals surface area contributed by atoms with Crippen molar-refractivity contribution in [3.05, 3.63) is 53.3 Å². The number of ether oxygens (including phenoxy) is 4. The normalized spacial score (nSPS) is 14.7. The lowest BCUT2D eigenvalue weighted by atomic mass is 10.1. The highest BCUT2D eigenvalue weighted by Crippen LogP contribution is 2.40. The molecule has 0 spiro atoms. The van der Waals surface area contributed by atoms with E-state index < -0.39 is 12.6 Å². The van der Waals surface area contributed by atoms with Crippen molar-refractivity contribution in [3.63, 3.8) is 0 Å². The van der Waals surface area contributed by atoms with E-state index in [1.165, 1.54) is 25.3 Å². The van der Waals surface area contributed by atoms with E-state index in [4.69, 9.17) is 18.9 Å². The van der Waals surface area contributed by atoms with Gasteiger partial charge in [0.05, 0.1) is 12.7 Å². The molecule has 4 rings (SSSR count). The van der Waals surface area contributed by atoms with Gasteiger partial charge in [0.25, 0.3) is 5.91 Å². The van der Waals surface area contributed by atoms with Crippen LogP contribution in [0.1, 0.15) is 28.8 Å². The van der Waals surface area contributed by atoms with Gasteiger partial charge in [-0.05, 0) is 31.0 Å². The molecule has 0 unspecified atom stereocenters. The van der Waals surface area contributed by atoms with Gasteiger partial charge in [0.2, 0.25) is 5.75 Å². The summed E-state index contributed by atoms with van der Waals surface area (Å²) < 4.78 is 35.5. The number of amides is 1. The van der Waals surface area contributed by atoms with Crippen LogP contribution in [0.15, 0.2) is 36.4 Å². The molecule has 1 amide bonds. The molecule has 0 N–H and O–H groups in total. The molecule has 0 bridgehead atoms. The largest absolute Gasteiger partial charge is 0.493 e. The van der Waals surface area contributed by atoms with E-state index in [1.54, 1.807) is 23.1 Å². The number of carbonyl (C=O) groups excluding carboxylic acids is 2. The lowest BCUT2D eigenvalue weighted by Gasteiger charge is -2.23. The summed E-state index contributed by atoms with van der Waals surface area (Å²) in [6.45, 7) is 0.465. The van der Waals surface area contributed by atoms with Gasteiger partial charge in [0, 0.05) is 18.2 Å². The molecule has 1 aliphatic heterocycles. The van der Waals surface area contributed by atoms with Gasteiger partial charge >= 0.3 is 5.97 Å². The third-order valence-corrected chi connectivity index (χ3v) is 5.00. The molecule has 1 heterocycles. The molecule has 0 atom stereocenters. The number of hydrogen-bond donors (Lipinski definition) is 0. The second-order valence-electron chi connectivity index (χ2n) is 7.12. The molecule has 2 aliphatic rings. The van der Waals surface area contributed by atoms with Crippen LogP contribution in [0.5, 0.6) is 17.2 Å². The van der Waals surface area contributed by atoms with Crippen LogP contribution in [0.3, 0.4) is 0 Å². The summed E-state index contributed by atoms with van der Waals surface area (Å²) in [5.41, 5.74) is 0.622. The van der Waals surface area contributed by atoms with Crippen LogP contribution >= 0.6 is 0 Å². The smallest absolute Gasteiger partial charge is 0.338 e. The molecule has 2 aromatic rings. The number of carbonyl (C=O) groups is 2. The van der Waals surface area contributed by atoms with E-state index in [0.29, 0.717) is 36.0 Å². The Bertz CT molecular complexity index is 941. The highest BCUT2D eigenvalue weighted by molar-refractivity contribution is 5.93. The van der Waals surface area contributed by atoms with Crippen LogP contribution in [0.2, 0.25) is 0 Å². The van der Waals surface area contributed by atoms with E-state index in [1.807, 2.05) is 0 Å². The minimum Gasteiger partial charge on any atom is -0.493 e. The zero-order valence-corrected chi connectivity index (χ0v) is 16.6. The van der Waals surface area contributed by atoms with Crippen molar-refractivity contribution >= 4 is 11.9 Å². The van der Waals surface area contributed by atoms with Gasteiger partial charge in [-0.25, -0.2) is 9.18 Å². The van der Waals surface area contributed by atoms with Crippen molar-refractivity contribution in [1.29, 1.82) is 0 Å². The second-order valence-corrected chi connectivity index (χ2v) is 7.12. The summed E-state index contributed by atoms with van der Waals surface area (Å²) in [6.07, 6.45) is 1.71. The fourth-order valence-corrected chi connectivity index (χ4v) is 3.30. The highest BCUT2D eigenvalue weighted by Gasteiger charge is 2.33. The first-order valence-electron chi connectivity index (χ1n) is 9.74. The maximum Gasteiger partial charge on any atom is 0.338 e. The second kappa shape index (κ2) is 8.61. The molecule has 7 nitrogen and oxygen atoms in total. The van der Waals surface area contributed by atoms with Crippen LogP contribution in [0.25, 0.3) is 0 Å². The number of esters is 1. The first-order valence-corrected chi connectivity index (χ1v) is 9.74. The number of hydrogen-bond acceptors (Lipinski definition) is 6. The molecule has 0 radical (unpaired) electrons. The van der Waals surface area contributed by atoms with E-state index in [2.05, 4.69) is 0 Å². The standard InChI is InChI=1S/C22H22FNO6/c1-27-18-10-15(11-19-21(18)29-9-8-28-19)22(26)30-13-20(25)24(16-6-7-16)12-14-4-2-3-5-17(14)23/h2-5,10-11,16H,6-9,12-13H2,1H3. The Morgan fingerprint density at radius 2 is 1.93 bits per heavy atom. The Labute approximate surface area is 173 Å².